The van der Waals surface area contributed by atoms with Crippen molar-refractivity contribution < 1.29 is 46.9 Å². The SMILES string of the molecule is CCOOP(=O)(Oc1ccccc1)C(=O)c1cccc(C(=O)P(=O)(OOCC)Oc2ccccc2)c1. The van der Waals surface area contributed by atoms with E-state index >= 15 is 0 Å². The Labute approximate surface area is 208 Å². The molecule has 0 heterocycles. The lowest BCUT2D eigenvalue weighted by Gasteiger charge is -2.18. The number of carbonyl (C=O) groups excluding carboxylic acids is 2. The van der Waals surface area contributed by atoms with Crippen LogP contribution in [0.5, 0.6) is 11.5 Å². The van der Waals surface area contributed by atoms with E-state index in [1.165, 1.54) is 42.5 Å². The molecule has 0 radical (unpaired) electrons. The van der Waals surface area contributed by atoms with Gasteiger partial charge < -0.3 is 9.05 Å². The van der Waals surface area contributed by atoms with Crippen molar-refractivity contribution in [1.29, 1.82) is 0 Å². The van der Waals surface area contributed by atoms with Crippen LogP contribution < -0.4 is 9.05 Å². The van der Waals surface area contributed by atoms with Crippen LogP contribution in [0, 0.1) is 0 Å². The second-order valence-electron chi connectivity index (χ2n) is 6.96. The lowest BCUT2D eigenvalue weighted by Crippen LogP contribution is -2.13. The van der Waals surface area contributed by atoms with Crippen LogP contribution in [-0.2, 0) is 28.3 Å². The van der Waals surface area contributed by atoms with Crippen LogP contribution in [-0.4, -0.2) is 24.3 Å². The van der Waals surface area contributed by atoms with Gasteiger partial charge in [0, 0.05) is 11.1 Å². The fourth-order valence-electron chi connectivity index (χ4n) is 2.77. The van der Waals surface area contributed by atoms with Crippen LogP contribution in [0.4, 0.5) is 0 Å². The summed E-state index contributed by atoms with van der Waals surface area (Å²) in [6, 6.07) is 20.8. The molecule has 0 amide bonds. The molecule has 3 aromatic rings. The second-order valence-corrected chi connectivity index (χ2v) is 10.4. The number of hydrogen-bond donors (Lipinski definition) is 0. The van der Waals surface area contributed by atoms with Crippen LogP contribution in [0.15, 0.2) is 84.9 Å². The van der Waals surface area contributed by atoms with E-state index < -0.39 is 26.2 Å². The zero-order valence-corrected chi connectivity index (χ0v) is 21.3. The predicted octanol–water partition coefficient (Wildman–Crippen LogP) is 6.45. The largest absolute Gasteiger partial charge is 0.477 e. The highest BCUT2D eigenvalue weighted by Crippen LogP contribution is 2.53. The van der Waals surface area contributed by atoms with Gasteiger partial charge in [-0.15, -0.1) is 9.35 Å². The molecule has 0 aliphatic rings. The maximum atomic E-state index is 13.4. The molecule has 0 aliphatic heterocycles. The maximum absolute atomic E-state index is 13.4. The van der Waals surface area contributed by atoms with Gasteiger partial charge in [-0.25, -0.2) is 18.9 Å². The van der Waals surface area contributed by atoms with Gasteiger partial charge in [0.2, 0.25) is 0 Å². The van der Waals surface area contributed by atoms with Gasteiger partial charge in [-0.3, -0.25) is 9.59 Å². The van der Waals surface area contributed by atoms with Crippen LogP contribution >= 0.6 is 15.2 Å². The third kappa shape index (κ3) is 6.98. The minimum atomic E-state index is -4.56. The molecule has 0 spiro atoms. The molecule has 3 rings (SSSR count). The summed E-state index contributed by atoms with van der Waals surface area (Å²) >= 11 is 0. The van der Waals surface area contributed by atoms with Crippen molar-refractivity contribution in [3.05, 3.63) is 96.1 Å². The first-order valence-corrected chi connectivity index (χ1v) is 13.9. The van der Waals surface area contributed by atoms with E-state index in [9.17, 15) is 18.7 Å². The molecule has 3 aromatic carbocycles. The molecule has 0 fully saturated rings. The minimum absolute atomic E-state index is 0.0112. The Balaban J connectivity index is 1.93. The van der Waals surface area contributed by atoms with Crippen molar-refractivity contribution in [3.63, 3.8) is 0 Å². The maximum Gasteiger partial charge on any atom is 0.477 e. The molecule has 190 valence electrons. The van der Waals surface area contributed by atoms with Crippen molar-refractivity contribution in [2.24, 2.45) is 0 Å². The van der Waals surface area contributed by atoms with Crippen LogP contribution in [0.3, 0.4) is 0 Å². The smallest absolute Gasteiger partial charge is 0.418 e. The van der Waals surface area contributed by atoms with E-state index in [0.29, 0.717) is 0 Å². The summed E-state index contributed by atoms with van der Waals surface area (Å²) in [4.78, 5) is 36.0. The Bertz CT molecular complexity index is 1170. The van der Waals surface area contributed by atoms with Crippen molar-refractivity contribution in [3.8, 4) is 11.5 Å². The van der Waals surface area contributed by atoms with E-state index in [-0.39, 0.29) is 35.8 Å². The molecule has 0 N–H and O–H groups in total. The first-order chi connectivity index (χ1) is 17.3. The normalized spacial score (nSPS) is 14.3. The van der Waals surface area contributed by atoms with Gasteiger partial charge in [0.05, 0.1) is 13.2 Å². The highest BCUT2D eigenvalue weighted by molar-refractivity contribution is 7.73. The Kier molecular flexibility index (Phi) is 9.73. The van der Waals surface area contributed by atoms with E-state index in [1.807, 2.05) is 0 Å². The third-order valence-corrected chi connectivity index (χ3v) is 7.35. The first kappa shape index (κ1) is 27.5. The van der Waals surface area contributed by atoms with Gasteiger partial charge in [0.1, 0.15) is 11.5 Å². The van der Waals surface area contributed by atoms with Crippen molar-refractivity contribution in [2.45, 2.75) is 13.8 Å². The average Bonchev–Trinajstić information content (AvgIpc) is 2.91. The molecule has 0 saturated carbocycles. The van der Waals surface area contributed by atoms with Gasteiger partial charge in [-0.1, -0.05) is 54.6 Å². The molecule has 12 heteroatoms. The summed E-state index contributed by atoms with van der Waals surface area (Å²) in [6.07, 6.45) is 0. The van der Waals surface area contributed by atoms with Gasteiger partial charge in [-0.05, 0) is 44.2 Å². The lowest BCUT2D eigenvalue weighted by molar-refractivity contribution is -0.205. The summed E-state index contributed by atoms with van der Waals surface area (Å²) in [6.45, 7) is 3.12. The first-order valence-electron chi connectivity index (χ1n) is 10.8. The Morgan fingerprint density at radius 1 is 0.611 bits per heavy atom. The molecule has 0 bridgehead atoms. The predicted molar refractivity (Wildman–Crippen MR) is 130 cm³/mol. The van der Waals surface area contributed by atoms with Gasteiger partial charge in [0.25, 0.3) is 11.0 Å². The Morgan fingerprint density at radius 3 is 1.36 bits per heavy atom. The number of rotatable bonds is 14. The van der Waals surface area contributed by atoms with E-state index in [0.717, 1.165) is 6.07 Å². The summed E-state index contributed by atoms with van der Waals surface area (Å²) in [5.41, 5.74) is -2.61. The van der Waals surface area contributed by atoms with Gasteiger partial charge >= 0.3 is 15.2 Å². The van der Waals surface area contributed by atoms with E-state index in [2.05, 4.69) is 0 Å². The second kappa shape index (κ2) is 12.7. The summed E-state index contributed by atoms with van der Waals surface area (Å²) in [7, 11) is -9.12. The molecule has 0 aromatic heterocycles. The molecule has 0 aliphatic carbocycles. The Morgan fingerprint density at radius 2 is 1.00 bits per heavy atom. The van der Waals surface area contributed by atoms with Crippen molar-refractivity contribution in [1.82, 2.24) is 0 Å². The Hall–Kier alpha value is -3.10. The number of hydrogen-bond acceptors (Lipinski definition) is 10. The summed E-state index contributed by atoms with van der Waals surface area (Å²) < 4.78 is 47.2. The molecular weight excluding hydrogens is 510 g/mol. The molecule has 2 unspecified atom stereocenters. The van der Waals surface area contributed by atoms with Crippen LogP contribution in [0.25, 0.3) is 0 Å². The van der Waals surface area contributed by atoms with Crippen molar-refractivity contribution >= 4 is 26.2 Å². The minimum Gasteiger partial charge on any atom is -0.418 e. The third-order valence-electron chi connectivity index (χ3n) is 4.33. The number of para-hydroxylation sites is 2. The zero-order valence-electron chi connectivity index (χ0n) is 19.5. The highest BCUT2D eigenvalue weighted by atomic mass is 31.2. The highest BCUT2D eigenvalue weighted by Gasteiger charge is 2.42. The number of carbonyl (C=O) groups is 2. The van der Waals surface area contributed by atoms with E-state index in [4.69, 9.17) is 28.2 Å². The lowest BCUT2D eigenvalue weighted by atomic mass is 10.1. The van der Waals surface area contributed by atoms with Gasteiger partial charge in [0.15, 0.2) is 0 Å². The number of benzene rings is 3. The monoisotopic (exact) mass is 534 g/mol. The standard InChI is InChI=1S/C24H24O10P2/c1-3-29-33-35(27,31-21-14-7-5-8-15-21)23(25)19-12-11-13-20(18-19)24(26)36(28,34-30-4-2)32-22-16-9-6-10-17-22/h5-18H,3-4H2,1-2H3. The topological polar surface area (TPSA) is 124 Å². The average molecular weight is 534 g/mol. The molecule has 2 atom stereocenters. The molecular formula is C24H24O10P2. The fourth-order valence-corrected chi connectivity index (χ4v) is 5.33. The van der Waals surface area contributed by atoms with Crippen molar-refractivity contribution in [2.75, 3.05) is 13.2 Å². The molecule has 0 saturated heterocycles. The van der Waals surface area contributed by atoms with Crippen LogP contribution in [0.2, 0.25) is 0 Å². The summed E-state index contributed by atoms with van der Waals surface area (Å²) in [5, 5.41) is 0. The quantitative estimate of drug-likeness (QED) is 0.129. The van der Waals surface area contributed by atoms with E-state index in [1.54, 1.807) is 50.2 Å². The van der Waals surface area contributed by atoms with Gasteiger partial charge in [-0.2, -0.15) is 0 Å². The van der Waals surface area contributed by atoms with Crippen LogP contribution in [0.1, 0.15) is 34.6 Å². The molecule has 36 heavy (non-hydrogen) atoms. The zero-order chi connectivity index (χ0) is 26.0. The summed E-state index contributed by atoms with van der Waals surface area (Å²) in [5.74, 6) is 0.207. The fraction of sp³-hybridized carbons (Fsp3) is 0.167. The molecule has 10 nitrogen and oxygen atoms in total.